The first-order valence-corrected chi connectivity index (χ1v) is 10.1. The number of nitrogens with zero attached hydrogens (tertiary/aromatic N) is 3. The lowest BCUT2D eigenvalue weighted by molar-refractivity contribution is -0.130. The van der Waals surface area contributed by atoms with Crippen molar-refractivity contribution in [3.63, 3.8) is 0 Å². The van der Waals surface area contributed by atoms with Gasteiger partial charge in [-0.25, -0.2) is 14.4 Å². The zero-order valence-corrected chi connectivity index (χ0v) is 18.2. The molecule has 1 atom stereocenters. The number of benzene rings is 2. The van der Waals surface area contributed by atoms with Crippen molar-refractivity contribution in [2.75, 3.05) is 14.2 Å². The van der Waals surface area contributed by atoms with Crippen molar-refractivity contribution in [1.82, 2.24) is 14.6 Å². The second-order valence-electron chi connectivity index (χ2n) is 7.37. The number of aromatic nitrogens is 2. The molecule has 0 fully saturated rings. The Labute approximate surface area is 188 Å². The zero-order chi connectivity index (χ0) is 23.7. The Hall–Kier alpha value is -4.34. The summed E-state index contributed by atoms with van der Waals surface area (Å²) >= 11 is 0. The van der Waals surface area contributed by atoms with Crippen molar-refractivity contribution in [3.05, 3.63) is 80.5 Å². The lowest BCUT2D eigenvalue weighted by atomic mass is 9.99. The summed E-state index contributed by atoms with van der Waals surface area (Å²) < 4.78 is 11.4. The van der Waals surface area contributed by atoms with Gasteiger partial charge in [0.05, 0.1) is 31.7 Å². The van der Waals surface area contributed by atoms with E-state index in [1.807, 2.05) is 0 Å². The number of hydrazone groups is 1. The second-order valence-corrected chi connectivity index (χ2v) is 7.37. The molecule has 0 bridgehead atoms. The molecule has 0 saturated heterocycles. The summed E-state index contributed by atoms with van der Waals surface area (Å²) in [6.07, 6.45) is 0.159. The van der Waals surface area contributed by atoms with E-state index in [9.17, 15) is 19.5 Å². The van der Waals surface area contributed by atoms with Crippen LogP contribution in [0.15, 0.2) is 63.2 Å². The van der Waals surface area contributed by atoms with Gasteiger partial charge in [0.2, 0.25) is 11.8 Å². The highest BCUT2D eigenvalue weighted by Gasteiger charge is 2.34. The number of rotatable bonds is 5. The average Bonchev–Trinajstić information content (AvgIpc) is 3.24. The van der Waals surface area contributed by atoms with E-state index in [1.54, 1.807) is 55.6 Å². The van der Waals surface area contributed by atoms with Crippen molar-refractivity contribution >= 4 is 11.6 Å². The van der Waals surface area contributed by atoms with Crippen LogP contribution in [-0.4, -0.2) is 45.5 Å². The Morgan fingerprint density at radius 1 is 1.09 bits per heavy atom. The van der Waals surface area contributed by atoms with Gasteiger partial charge in [0.15, 0.2) is 0 Å². The third kappa shape index (κ3) is 3.86. The number of ether oxygens (including phenoxy) is 2. The number of carbonyl (C=O) groups is 1. The number of hydrogen-bond acceptors (Lipinski definition) is 7. The lowest BCUT2D eigenvalue weighted by Crippen LogP contribution is -2.33. The Balaban J connectivity index is 1.83. The first-order valence-electron chi connectivity index (χ1n) is 10.1. The van der Waals surface area contributed by atoms with Gasteiger partial charge in [0, 0.05) is 13.3 Å². The van der Waals surface area contributed by atoms with Gasteiger partial charge in [-0.05, 0) is 29.8 Å². The van der Waals surface area contributed by atoms with E-state index < -0.39 is 23.2 Å². The Morgan fingerprint density at radius 2 is 1.79 bits per heavy atom. The van der Waals surface area contributed by atoms with E-state index >= 15 is 0 Å². The fourth-order valence-electron chi connectivity index (χ4n) is 3.86. The van der Waals surface area contributed by atoms with Gasteiger partial charge in [-0.15, -0.1) is 0 Å². The Kier molecular flexibility index (Phi) is 5.74. The third-order valence-electron chi connectivity index (χ3n) is 5.43. The minimum absolute atomic E-state index is 0.159. The smallest absolute Gasteiger partial charge is 0.335 e. The molecule has 1 aliphatic heterocycles. The van der Waals surface area contributed by atoms with Gasteiger partial charge in [-0.1, -0.05) is 24.3 Å². The Morgan fingerprint density at radius 3 is 2.42 bits per heavy atom. The summed E-state index contributed by atoms with van der Waals surface area (Å²) in [6, 6.07) is 13.2. The van der Waals surface area contributed by atoms with Crippen LogP contribution in [0.3, 0.4) is 0 Å². The summed E-state index contributed by atoms with van der Waals surface area (Å²) in [5.74, 6) is 0.0543. The van der Waals surface area contributed by atoms with Crippen molar-refractivity contribution in [3.8, 4) is 23.1 Å². The summed E-state index contributed by atoms with van der Waals surface area (Å²) in [4.78, 5) is 39.8. The number of aromatic amines is 1. The lowest BCUT2D eigenvalue weighted by Gasteiger charge is -2.20. The molecule has 1 aromatic heterocycles. The molecule has 170 valence electrons. The van der Waals surface area contributed by atoms with E-state index in [0.717, 1.165) is 10.1 Å². The molecule has 0 aliphatic carbocycles. The maximum Gasteiger partial charge on any atom is 0.335 e. The first kappa shape index (κ1) is 21.9. The molecule has 2 aromatic carbocycles. The SMILES string of the molecule is COc1ccc(C2CC(c3c(O)n(-c4ccccc4OC)c(=O)[nH]c3=O)=NN2C(C)=O)cc1. The molecule has 2 N–H and O–H groups in total. The van der Waals surface area contributed by atoms with Crippen LogP contribution in [0, 0.1) is 0 Å². The van der Waals surface area contributed by atoms with E-state index in [2.05, 4.69) is 10.1 Å². The Bertz CT molecular complexity index is 1360. The highest BCUT2D eigenvalue weighted by atomic mass is 16.5. The molecule has 1 unspecified atom stereocenters. The van der Waals surface area contributed by atoms with Gasteiger partial charge in [-0.3, -0.25) is 14.6 Å². The molecule has 1 aliphatic rings. The first-order chi connectivity index (χ1) is 15.8. The second kappa shape index (κ2) is 8.65. The molecule has 33 heavy (non-hydrogen) atoms. The average molecular weight is 450 g/mol. The largest absolute Gasteiger partial charge is 0.497 e. The van der Waals surface area contributed by atoms with Crippen LogP contribution in [0.5, 0.6) is 17.4 Å². The minimum Gasteiger partial charge on any atom is -0.497 e. The molecule has 0 saturated carbocycles. The van der Waals surface area contributed by atoms with Crippen LogP contribution >= 0.6 is 0 Å². The fraction of sp³-hybridized carbons (Fsp3) is 0.217. The predicted molar refractivity (Wildman–Crippen MR) is 120 cm³/mol. The van der Waals surface area contributed by atoms with Crippen LogP contribution in [0.1, 0.15) is 30.5 Å². The summed E-state index contributed by atoms with van der Waals surface area (Å²) in [5.41, 5.74) is -0.635. The normalized spacial score (nSPS) is 15.3. The molecular weight excluding hydrogens is 428 g/mol. The van der Waals surface area contributed by atoms with Crippen molar-refractivity contribution in [1.29, 1.82) is 0 Å². The van der Waals surface area contributed by atoms with E-state index in [-0.39, 0.29) is 29.3 Å². The fourth-order valence-corrected chi connectivity index (χ4v) is 3.86. The topological polar surface area (TPSA) is 126 Å². The molecule has 0 spiro atoms. The number of aromatic hydroxyl groups is 1. The molecule has 1 amide bonds. The monoisotopic (exact) mass is 450 g/mol. The van der Waals surface area contributed by atoms with Crippen LogP contribution < -0.4 is 20.7 Å². The van der Waals surface area contributed by atoms with Crippen LogP contribution in [0.2, 0.25) is 0 Å². The van der Waals surface area contributed by atoms with Gasteiger partial charge in [0.25, 0.3) is 5.56 Å². The zero-order valence-electron chi connectivity index (χ0n) is 18.2. The summed E-state index contributed by atoms with van der Waals surface area (Å²) in [6.45, 7) is 1.36. The van der Waals surface area contributed by atoms with Crippen LogP contribution in [0.4, 0.5) is 0 Å². The molecule has 10 nitrogen and oxygen atoms in total. The molecule has 3 aromatic rings. The van der Waals surface area contributed by atoms with Crippen LogP contribution in [-0.2, 0) is 4.79 Å². The number of H-pyrrole nitrogens is 1. The third-order valence-corrected chi connectivity index (χ3v) is 5.43. The molecule has 10 heteroatoms. The van der Waals surface area contributed by atoms with Gasteiger partial charge >= 0.3 is 5.69 Å². The van der Waals surface area contributed by atoms with Gasteiger partial charge in [0.1, 0.15) is 17.1 Å². The maximum absolute atomic E-state index is 12.7. The molecule has 0 radical (unpaired) electrons. The number of methoxy groups -OCH3 is 2. The number of carbonyl (C=O) groups excluding carboxylic acids is 1. The molecule has 2 heterocycles. The quantitative estimate of drug-likeness (QED) is 0.612. The number of hydrogen-bond donors (Lipinski definition) is 2. The van der Waals surface area contributed by atoms with Crippen molar-refractivity contribution in [2.45, 2.75) is 19.4 Å². The van der Waals surface area contributed by atoms with Crippen LogP contribution in [0.25, 0.3) is 5.69 Å². The van der Waals surface area contributed by atoms with Crippen molar-refractivity contribution in [2.24, 2.45) is 5.10 Å². The number of para-hydroxylation sites is 2. The summed E-state index contributed by atoms with van der Waals surface area (Å²) in [5, 5.41) is 16.6. The molecule has 4 rings (SSSR count). The van der Waals surface area contributed by atoms with Crippen molar-refractivity contribution < 1.29 is 19.4 Å². The maximum atomic E-state index is 12.7. The number of nitrogens with one attached hydrogen (secondary N) is 1. The number of amides is 1. The minimum atomic E-state index is -0.834. The summed E-state index contributed by atoms with van der Waals surface area (Å²) in [7, 11) is 2.98. The standard InChI is InChI=1S/C23H22N4O6/c1-13(28)27-18(14-8-10-15(32-2)11-9-14)12-16(25-27)20-21(29)24-23(31)26(22(20)30)17-6-4-5-7-19(17)33-3/h4-11,18,30H,12H2,1-3H3,(H,24,29,31). The highest BCUT2D eigenvalue weighted by Crippen LogP contribution is 2.35. The highest BCUT2D eigenvalue weighted by molar-refractivity contribution is 6.04. The predicted octanol–water partition coefficient (Wildman–Crippen LogP) is 1.95. The van der Waals surface area contributed by atoms with E-state index in [1.165, 1.54) is 19.0 Å². The van der Waals surface area contributed by atoms with Gasteiger partial charge < -0.3 is 14.6 Å². The van der Waals surface area contributed by atoms with E-state index in [0.29, 0.717) is 11.5 Å². The van der Waals surface area contributed by atoms with E-state index in [4.69, 9.17) is 9.47 Å². The van der Waals surface area contributed by atoms with Gasteiger partial charge in [-0.2, -0.15) is 5.10 Å². The molecular formula is C23H22N4O6.